The maximum atomic E-state index is 13.3. The molecule has 1 N–H and O–H groups in total. The summed E-state index contributed by atoms with van der Waals surface area (Å²) in [5.41, 5.74) is 0.347. The van der Waals surface area contributed by atoms with Crippen LogP contribution >= 0.6 is 11.6 Å². The molecule has 0 aliphatic heterocycles. The first-order valence-corrected chi connectivity index (χ1v) is 10.5. The summed E-state index contributed by atoms with van der Waals surface area (Å²) in [5.74, 6) is -2.50. The fourth-order valence-corrected chi connectivity index (χ4v) is 3.33. The SMILES string of the molecule is CN(Cc1cccc(F)c1)C(=O)COC(=O)c1ccccc1NC(=O)c1ccc([N+](=O)[O-])cc1Cl. The average Bonchev–Trinajstić information content (AvgIpc) is 2.82. The Hall–Kier alpha value is -4.31. The van der Waals surface area contributed by atoms with Crippen LogP contribution in [-0.2, 0) is 16.1 Å². The van der Waals surface area contributed by atoms with Crippen molar-refractivity contribution < 1.29 is 28.4 Å². The summed E-state index contributed by atoms with van der Waals surface area (Å²) < 4.78 is 18.4. The first kappa shape index (κ1) is 25.3. The lowest BCUT2D eigenvalue weighted by molar-refractivity contribution is -0.384. The number of ether oxygens (including phenoxy) is 1. The van der Waals surface area contributed by atoms with Crippen LogP contribution in [0.3, 0.4) is 0 Å². The van der Waals surface area contributed by atoms with Gasteiger partial charge in [0.05, 0.1) is 26.8 Å². The molecule has 3 aromatic carbocycles. The number of likely N-dealkylation sites (N-methyl/N-ethyl adjacent to an activating group) is 1. The van der Waals surface area contributed by atoms with Gasteiger partial charge in [0, 0.05) is 25.7 Å². The number of esters is 1. The summed E-state index contributed by atoms with van der Waals surface area (Å²) in [7, 11) is 1.49. The fourth-order valence-electron chi connectivity index (χ4n) is 3.07. The Bertz CT molecular complexity index is 1300. The van der Waals surface area contributed by atoms with Gasteiger partial charge in [-0.3, -0.25) is 19.7 Å². The van der Waals surface area contributed by atoms with E-state index in [1.165, 1.54) is 48.3 Å². The Labute approximate surface area is 204 Å². The predicted molar refractivity (Wildman–Crippen MR) is 126 cm³/mol. The summed E-state index contributed by atoms with van der Waals surface area (Å²) in [6.07, 6.45) is 0. The highest BCUT2D eigenvalue weighted by Crippen LogP contribution is 2.24. The number of carbonyl (C=O) groups excluding carboxylic acids is 3. The van der Waals surface area contributed by atoms with E-state index in [0.717, 1.165) is 12.1 Å². The van der Waals surface area contributed by atoms with Gasteiger partial charge in [-0.1, -0.05) is 35.9 Å². The zero-order valence-electron chi connectivity index (χ0n) is 18.4. The van der Waals surface area contributed by atoms with Gasteiger partial charge in [-0.05, 0) is 35.9 Å². The number of nitro benzene ring substituents is 1. The van der Waals surface area contributed by atoms with E-state index in [9.17, 15) is 28.9 Å². The van der Waals surface area contributed by atoms with Gasteiger partial charge in [-0.15, -0.1) is 0 Å². The molecule has 0 saturated carbocycles. The van der Waals surface area contributed by atoms with E-state index in [2.05, 4.69) is 5.32 Å². The molecule has 180 valence electrons. The smallest absolute Gasteiger partial charge is 0.340 e. The highest BCUT2D eigenvalue weighted by molar-refractivity contribution is 6.34. The van der Waals surface area contributed by atoms with Crippen LogP contribution in [0.5, 0.6) is 0 Å². The normalized spacial score (nSPS) is 10.4. The maximum Gasteiger partial charge on any atom is 0.340 e. The van der Waals surface area contributed by atoms with E-state index < -0.39 is 35.1 Å². The molecule has 0 aliphatic rings. The molecule has 0 saturated heterocycles. The molecule has 0 aliphatic carbocycles. The van der Waals surface area contributed by atoms with E-state index in [1.807, 2.05) is 0 Å². The molecule has 0 atom stereocenters. The lowest BCUT2D eigenvalue weighted by atomic mass is 10.1. The van der Waals surface area contributed by atoms with Gasteiger partial charge in [-0.2, -0.15) is 0 Å². The highest BCUT2D eigenvalue weighted by atomic mass is 35.5. The van der Waals surface area contributed by atoms with Crippen molar-refractivity contribution in [1.82, 2.24) is 4.90 Å². The van der Waals surface area contributed by atoms with Crippen molar-refractivity contribution >= 4 is 40.8 Å². The van der Waals surface area contributed by atoms with Crippen molar-refractivity contribution in [3.8, 4) is 0 Å². The van der Waals surface area contributed by atoms with Gasteiger partial charge in [-0.25, -0.2) is 9.18 Å². The van der Waals surface area contributed by atoms with Crippen LogP contribution in [0.1, 0.15) is 26.3 Å². The zero-order valence-corrected chi connectivity index (χ0v) is 19.1. The molecule has 3 aromatic rings. The molecule has 2 amide bonds. The molecule has 9 nitrogen and oxygen atoms in total. The second-order valence-corrected chi connectivity index (χ2v) is 7.78. The third kappa shape index (κ3) is 6.61. The van der Waals surface area contributed by atoms with E-state index in [0.29, 0.717) is 5.56 Å². The van der Waals surface area contributed by atoms with Crippen molar-refractivity contribution in [2.45, 2.75) is 6.54 Å². The summed E-state index contributed by atoms with van der Waals surface area (Å²) in [5, 5.41) is 13.2. The largest absolute Gasteiger partial charge is 0.452 e. The Balaban J connectivity index is 1.65. The topological polar surface area (TPSA) is 119 Å². The van der Waals surface area contributed by atoms with Crippen molar-refractivity contribution in [3.63, 3.8) is 0 Å². The number of hydrogen-bond acceptors (Lipinski definition) is 6. The van der Waals surface area contributed by atoms with Gasteiger partial charge in [0.25, 0.3) is 17.5 Å². The standard InChI is InChI=1S/C24H19ClFN3O6/c1-28(13-15-5-4-6-16(26)11-15)22(30)14-35-24(32)19-7-2-3-8-21(19)27-23(31)18-10-9-17(29(33)34)12-20(18)25/h2-12H,13-14H2,1H3,(H,27,31). The minimum Gasteiger partial charge on any atom is -0.452 e. The molecule has 0 fully saturated rings. The van der Waals surface area contributed by atoms with Gasteiger partial charge >= 0.3 is 5.97 Å². The Kier molecular flexibility index (Phi) is 8.11. The second-order valence-electron chi connectivity index (χ2n) is 7.38. The Morgan fingerprint density at radius 2 is 1.80 bits per heavy atom. The van der Waals surface area contributed by atoms with Crippen molar-refractivity contribution in [2.75, 3.05) is 19.0 Å². The van der Waals surface area contributed by atoms with Crippen LogP contribution in [-0.4, -0.2) is 41.3 Å². The molecule has 11 heteroatoms. The van der Waals surface area contributed by atoms with Gasteiger partial charge in [0.2, 0.25) is 0 Å². The molecular weight excluding hydrogens is 481 g/mol. The lowest BCUT2D eigenvalue weighted by Gasteiger charge is -2.17. The number of rotatable bonds is 8. The summed E-state index contributed by atoms with van der Waals surface area (Å²) in [6, 6.07) is 15.1. The van der Waals surface area contributed by atoms with Crippen LogP contribution in [0.2, 0.25) is 5.02 Å². The molecule has 0 spiro atoms. The number of non-ortho nitro benzene ring substituents is 1. The fraction of sp³-hybridized carbons (Fsp3) is 0.125. The van der Waals surface area contributed by atoms with Crippen LogP contribution in [0, 0.1) is 15.9 Å². The summed E-state index contributed by atoms with van der Waals surface area (Å²) in [4.78, 5) is 49.1. The first-order valence-electron chi connectivity index (χ1n) is 10.2. The minimum atomic E-state index is -0.858. The minimum absolute atomic E-state index is 0.0144. The van der Waals surface area contributed by atoms with E-state index in [-0.39, 0.29) is 34.1 Å². The van der Waals surface area contributed by atoms with E-state index >= 15 is 0 Å². The van der Waals surface area contributed by atoms with Crippen LogP contribution in [0.4, 0.5) is 15.8 Å². The molecule has 0 unspecified atom stereocenters. The number of nitrogens with zero attached hydrogens (tertiary/aromatic N) is 2. The number of halogens is 2. The number of nitro groups is 1. The van der Waals surface area contributed by atoms with Crippen molar-refractivity contribution in [3.05, 3.63) is 104 Å². The molecule has 0 bridgehead atoms. The summed E-state index contributed by atoms with van der Waals surface area (Å²) in [6.45, 7) is -0.447. The van der Waals surface area contributed by atoms with Crippen molar-refractivity contribution in [2.24, 2.45) is 0 Å². The molecule has 3 rings (SSSR count). The van der Waals surface area contributed by atoms with Gasteiger partial charge in [0.15, 0.2) is 6.61 Å². The van der Waals surface area contributed by atoms with Crippen LogP contribution in [0.25, 0.3) is 0 Å². The number of para-hydroxylation sites is 1. The molecule has 0 aromatic heterocycles. The number of carbonyl (C=O) groups is 3. The van der Waals surface area contributed by atoms with Crippen LogP contribution < -0.4 is 5.32 Å². The van der Waals surface area contributed by atoms with Gasteiger partial charge in [0.1, 0.15) is 5.82 Å². The average molecular weight is 500 g/mol. The van der Waals surface area contributed by atoms with Crippen LogP contribution in [0.15, 0.2) is 66.7 Å². The van der Waals surface area contributed by atoms with Gasteiger partial charge < -0.3 is 15.0 Å². The number of hydrogen-bond donors (Lipinski definition) is 1. The predicted octanol–water partition coefficient (Wildman–Crippen LogP) is 4.46. The Morgan fingerprint density at radius 1 is 1.06 bits per heavy atom. The maximum absolute atomic E-state index is 13.3. The number of amides is 2. The Morgan fingerprint density at radius 3 is 2.49 bits per heavy atom. The summed E-state index contributed by atoms with van der Waals surface area (Å²) >= 11 is 6.00. The van der Waals surface area contributed by atoms with E-state index in [4.69, 9.17) is 16.3 Å². The third-order valence-electron chi connectivity index (χ3n) is 4.86. The molecule has 0 heterocycles. The van der Waals surface area contributed by atoms with Crippen molar-refractivity contribution in [1.29, 1.82) is 0 Å². The molecule has 0 radical (unpaired) electrons. The highest BCUT2D eigenvalue weighted by Gasteiger charge is 2.20. The molecular formula is C24H19ClFN3O6. The quantitative estimate of drug-likeness (QED) is 0.278. The zero-order chi connectivity index (χ0) is 25.5. The number of nitrogens with one attached hydrogen (secondary N) is 1. The first-order chi connectivity index (χ1) is 16.7. The number of anilines is 1. The monoisotopic (exact) mass is 499 g/mol. The number of benzene rings is 3. The molecule has 35 heavy (non-hydrogen) atoms. The second kappa shape index (κ2) is 11.2. The lowest BCUT2D eigenvalue weighted by Crippen LogP contribution is -2.31. The van der Waals surface area contributed by atoms with E-state index in [1.54, 1.807) is 18.2 Å². The third-order valence-corrected chi connectivity index (χ3v) is 5.18.